The highest BCUT2D eigenvalue weighted by atomic mass is 32.2. The molecular formula is C26H29F2N5O4S. The predicted molar refractivity (Wildman–Crippen MR) is 139 cm³/mol. The van der Waals surface area contributed by atoms with Gasteiger partial charge in [-0.3, -0.25) is 9.78 Å². The van der Waals surface area contributed by atoms with Gasteiger partial charge in [0, 0.05) is 29.3 Å². The molecule has 0 radical (unpaired) electrons. The van der Waals surface area contributed by atoms with Gasteiger partial charge in [-0.25, -0.2) is 17.2 Å². The average Bonchev–Trinajstić information content (AvgIpc) is 3.13. The molecule has 38 heavy (non-hydrogen) atoms. The first-order valence-electron chi connectivity index (χ1n) is 12.1. The average molecular weight is 546 g/mol. The van der Waals surface area contributed by atoms with Crippen LogP contribution in [0, 0.1) is 5.82 Å². The molecule has 202 valence electrons. The SMILES string of the molecule is C[C@H](F)C[C@@](C)(CNc1ccc(-c2cccc(C(=O)N[C@@H]3CS(=O)(=O)C[C@H]3O)c2)nn1)c1ncccc1F. The largest absolute Gasteiger partial charge is 0.390 e. The summed E-state index contributed by atoms with van der Waals surface area (Å²) in [6, 6.07) is 11.8. The lowest BCUT2D eigenvalue weighted by Gasteiger charge is -2.30. The topological polar surface area (TPSA) is 134 Å². The number of halogens is 2. The summed E-state index contributed by atoms with van der Waals surface area (Å²) in [5.41, 5.74) is 0.580. The first kappa shape index (κ1) is 27.5. The van der Waals surface area contributed by atoms with E-state index in [0.717, 1.165) is 0 Å². The number of hydrogen-bond donors (Lipinski definition) is 3. The molecule has 1 saturated heterocycles. The summed E-state index contributed by atoms with van der Waals surface area (Å²) in [5.74, 6) is -1.31. The second-order valence-electron chi connectivity index (χ2n) is 9.84. The first-order chi connectivity index (χ1) is 18.0. The molecule has 0 saturated carbocycles. The Kier molecular flexibility index (Phi) is 8.02. The van der Waals surface area contributed by atoms with Crippen LogP contribution in [-0.4, -0.2) is 71.0 Å². The second kappa shape index (κ2) is 11.1. The standard InChI is InChI=1S/C26H29F2N5O4S/c1-16(27)12-26(2,24-19(28)7-4-10-29-24)15-30-23-9-8-20(32-33-23)17-5-3-6-18(11-17)25(35)31-21-13-38(36,37)14-22(21)34/h3-11,16,21-22,34H,12-15H2,1-2H3,(H,30,33)(H,31,35)/t16-,21+,22+,26-/m0/s1. The predicted octanol–water partition coefficient (Wildman–Crippen LogP) is 2.68. The number of nitrogens with one attached hydrogen (secondary N) is 2. The summed E-state index contributed by atoms with van der Waals surface area (Å²) in [7, 11) is -3.40. The number of sulfone groups is 1. The Balaban J connectivity index is 1.45. The number of amides is 1. The van der Waals surface area contributed by atoms with Gasteiger partial charge in [0.15, 0.2) is 9.84 Å². The van der Waals surface area contributed by atoms with E-state index in [1.54, 1.807) is 43.3 Å². The van der Waals surface area contributed by atoms with Gasteiger partial charge in [0.2, 0.25) is 0 Å². The fraction of sp³-hybridized carbons (Fsp3) is 0.385. The Hall–Kier alpha value is -3.51. The fourth-order valence-corrected chi connectivity index (χ4v) is 6.35. The van der Waals surface area contributed by atoms with E-state index in [1.807, 2.05) is 0 Å². The Labute approximate surface area is 219 Å². The molecule has 12 heteroatoms. The van der Waals surface area contributed by atoms with Crippen LogP contribution in [0.2, 0.25) is 0 Å². The molecule has 9 nitrogen and oxygen atoms in total. The van der Waals surface area contributed by atoms with E-state index in [-0.39, 0.29) is 35.7 Å². The Morgan fingerprint density at radius 2 is 1.97 bits per heavy atom. The summed E-state index contributed by atoms with van der Waals surface area (Å²) in [6.07, 6.45) is -0.803. The zero-order chi connectivity index (χ0) is 27.5. The van der Waals surface area contributed by atoms with Crippen LogP contribution in [0.3, 0.4) is 0 Å². The molecule has 3 aromatic rings. The molecule has 1 aromatic carbocycles. The van der Waals surface area contributed by atoms with Crippen LogP contribution in [0.1, 0.15) is 36.3 Å². The van der Waals surface area contributed by atoms with Crippen molar-refractivity contribution in [2.24, 2.45) is 0 Å². The van der Waals surface area contributed by atoms with Gasteiger partial charge in [0.25, 0.3) is 5.91 Å². The minimum Gasteiger partial charge on any atom is -0.390 e. The third-order valence-electron chi connectivity index (χ3n) is 6.45. The van der Waals surface area contributed by atoms with Gasteiger partial charge < -0.3 is 15.7 Å². The number of aromatic nitrogens is 3. The molecule has 0 spiro atoms. The maximum Gasteiger partial charge on any atom is 0.251 e. The molecule has 4 rings (SSSR count). The van der Waals surface area contributed by atoms with Gasteiger partial charge in [-0.15, -0.1) is 10.2 Å². The third-order valence-corrected chi connectivity index (χ3v) is 8.16. The molecule has 3 N–H and O–H groups in total. The molecule has 1 amide bonds. The Bertz CT molecular complexity index is 1400. The lowest BCUT2D eigenvalue weighted by molar-refractivity contribution is 0.0889. The Morgan fingerprint density at radius 1 is 1.18 bits per heavy atom. The maximum atomic E-state index is 14.4. The lowest BCUT2D eigenvalue weighted by Crippen LogP contribution is -2.42. The van der Waals surface area contributed by atoms with Gasteiger partial charge in [-0.2, -0.15) is 0 Å². The summed E-state index contributed by atoms with van der Waals surface area (Å²) in [5, 5.41) is 24.0. The normalized spacial score (nSPS) is 20.9. The molecule has 0 aliphatic carbocycles. The van der Waals surface area contributed by atoms with Crippen LogP contribution in [0.15, 0.2) is 54.7 Å². The van der Waals surface area contributed by atoms with Crippen molar-refractivity contribution in [1.82, 2.24) is 20.5 Å². The van der Waals surface area contributed by atoms with E-state index >= 15 is 0 Å². The molecule has 3 heterocycles. The van der Waals surface area contributed by atoms with Crippen molar-refractivity contribution in [3.63, 3.8) is 0 Å². The zero-order valence-electron chi connectivity index (χ0n) is 20.9. The number of alkyl halides is 1. The smallest absolute Gasteiger partial charge is 0.251 e. The molecule has 2 aromatic heterocycles. The Morgan fingerprint density at radius 3 is 2.61 bits per heavy atom. The van der Waals surface area contributed by atoms with Crippen LogP contribution in [-0.2, 0) is 15.3 Å². The van der Waals surface area contributed by atoms with E-state index in [0.29, 0.717) is 17.1 Å². The van der Waals surface area contributed by atoms with Gasteiger partial charge in [-0.05, 0) is 49.7 Å². The number of carbonyl (C=O) groups excluding carboxylic acids is 1. The van der Waals surface area contributed by atoms with Crippen LogP contribution in [0.25, 0.3) is 11.3 Å². The summed E-state index contributed by atoms with van der Waals surface area (Å²) in [4.78, 5) is 16.8. The van der Waals surface area contributed by atoms with Gasteiger partial charge in [-0.1, -0.05) is 19.1 Å². The molecule has 1 fully saturated rings. The van der Waals surface area contributed by atoms with Crippen molar-refractivity contribution in [3.8, 4) is 11.3 Å². The third kappa shape index (κ3) is 6.48. The molecule has 0 bridgehead atoms. The summed E-state index contributed by atoms with van der Waals surface area (Å²) >= 11 is 0. The lowest BCUT2D eigenvalue weighted by atomic mass is 9.81. The van der Waals surface area contributed by atoms with E-state index in [2.05, 4.69) is 25.8 Å². The first-order valence-corrected chi connectivity index (χ1v) is 13.9. The van der Waals surface area contributed by atoms with Crippen LogP contribution >= 0.6 is 0 Å². The van der Waals surface area contributed by atoms with Gasteiger partial charge >= 0.3 is 0 Å². The van der Waals surface area contributed by atoms with Crippen LogP contribution < -0.4 is 10.6 Å². The highest BCUT2D eigenvalue weighted by Gasteiger charge is 2.37. The zero-order valence-corrected chi connectivity index (χ0v) is 21.8. The number of carbonyl (C=O) groups is 1. The number of pyridine rings is 1. The van der Waals surface area contributed by atoms with Crippen molar-refractivity contribution >= 4 is 21.6 Å². The van der Waals surface area contributed by atoms with Crippen molar-refractivity contribution in [3.05, 3.63) is 71.8 Å². The number of nitrogens with zero attached hydrogens (tertiary/aromatic N) is 3. The van der Waals surface area contributed by atoms with Crippen molar-refractivity contribution in [1.29, 1.82) is 0 Å². The summed E-state index contributed by atoms with van der Waals surface area (Å²) < 4.78 is 51.8. The van der Waals surface area contributed by atoms with Gasteiger partial charge in [0.1, 0.15) is 11.6 Å². The molecule has 1 aliphatic heterocycles. The van der Waals surface area contributed by atoms with Crippen molar-refractivity contribution < 1.29 is 27.1 Å². The highest BCUT2D eigenvalue weighted by molar-refractivity contribution is 7.91. The van der Waals surface area contributed by atoms with E-state index < -0.39 is 45.3 Å². The monoisotopic (exact) mass is 545 g/mol. The van der Waals surface area contributed by atoms with E-state index in [9.17, 15) is 27.1 Å². The number of aliphatic hydroxyl groups is 1. The number of hydrogen-bond acceptors (Lipinski definition) is 8. The quantitative estimate of drug-likeness (QED) is 0.374. The van der Waals surface area contributed by atoms with Gasteiger partial charge in [0.05, 0.1) is 41.2 Å². The molecule has 4 atom stereocenters. The number of benzene rings is 1. The van der Waals surface area contributed by atoms with Crippen molar-refractivity contribution in [2.45, 2.75) is 44.0 Å². The van der Waals surface area contributed by atoms with Crippen LogP contribution in [0.4, 0.5) is 14.6 Å². The highest BCUT2D eigenvalue weighted by Crippen LogP contribution is 2.31. The second-order valence-corrected chi connectivity index (χ2v) is 12.0. The minimum absolute atomic E-state index is 0.0537. The van der Waals surface area contributed by atoms with Crippen molar-refractivity contribution in [2.75, 3.05) is 23.4 Å². The molecule has 1 aliphatic rings. The van der Waals surface area contributed by atoms with Crippen LogP contribution in [0.5, 0.6) is 0 Å². The maximum absolute atomic E-state index is 14.4. The minimum atomic E-state index is -3.40. The number of aliphatic hydroxyl groups excluding tert-OH is 1. The number of anilines is 1. The number of rotatable bonds is 9. The fourth-order valence-electron chi connectivity index (χ4n) is 4.61. The molecular weight excluding hydrogens is 516 g/mol. The summed E-state index contributed by atoms with van der Waals surface area (Å²) in [6.45, 7) is 3.32. The molecule has 0 unspecified atom stereocenters. The van der Waals surface area contributed by atoms with E-state index in [4.69, 9.17) is 0 Å². The van der Waals surface area contributed by atoms with E-state index in [1.165, 1.54) is 25.3 Å².